The van der Waals surface area contributed by atoms with Crippen molar-refractivity contribution in [2.24, 2.45) is 0 Å². The smallest absolute Gasteiger partial charge is 0.414 e. The van der Waals surface area contributed by atoms with Crippen molar-refractivity contribution < 1.29 is 9.53 Å². The first kappa shape index (κ1) is 14.1. The van der Waals surface area contributed by atoms with E-state index in [1.54, 1.807) is 25.2 Å². The summed E-state index contributed by atoms with van der Waals surface area (Å²) in [4.78, 5) is 13.0. The van der Waals surface area contributed by atoms with Gasteiger partial charge in [0.1, 0.15) is 0 Å². The normalized spacial score (nSPS) is 10.1. The highest BCUT2D eigenvalue weighted by atomic mass is 35.5. The fourth-order valence-corrected chi connectivity index (χ4v) is 1.79. The molecule has 0 saturated carbocycles. The van der Waals surface area contributed by atoms with Gasteiger partial charge in [-0.15, -0.1) is 0 Å². The number of carbonyl (C=O) groups excluding carboxylic acids is 1. The summed E-state index contributed by atoms with van der Waals surface area (Å²) in [6.45, 7) is 2.46. The molecule has 0 radical (unpaired) electrons. The van der Waals surface area contributed by atoms with Crippen LogP contribution < -0.4 is 4.90 Å². The highest BCUT2D eigenvalue weighted by Crippen LogP contribution is 2.28. The number of halogens is 2. The van der Waals surface area contributed by atoms with Gasteiger partial charge in [-0.25, -0.2) is 4.79 Å². The van der Waals surface area contributed by atoms with Gasteiger partial charge in [0, 0.05) is 12.1 Å². The monoisotopic (exact) mass is 275 g/mol. The van der Waals surface area contributed by atoms with E-state index in [2.05, 4.69) is 0 Å². The van der Waals surface area contributed by atoms with E-state index in [1.165, 1.54) is 4.90 Å². The predicted octanol–water partition coefficient (Wildman–Crippen LogP) is 4.37. The van der Waals surface area contributed by atoms with Crippen LogP contribution in [0.15, 0.2) is 18.2 Å². The van der Waals surface area contributed by atoms with Crippen LogP contribution in [0.2, 0.25) is 10.0 Å². The molecule has 0 aliphatic rings. The molecule has 0 unspecified atom stereocenters. The molecule has 5 heteroatoms. The zero-order valence-electron chi connectivity index (χ0n) is 9.87. The van der Waals surface area contributed by atoms with Crippen LogP contribution in [0, 0.1) is 0 Å². The van der Waals surface area contributed by atoms with E-state index in [1.807, 2.05) is 6.92 Å². The van der Waals surface area contributed by atoms with Crippen molar-refractivity contribution in [2.75, 3.05) is 18.6 Å². The zero-order chi connectivity index (χ0) is 12.8. The maximum absolute atomic E-state index is 11.7. The van der Waals surface area contributed by atoms with E-state index in [0.717, 1.165) is 12.8 Å². The molecule has 0 aliphatic carbocycles. The standard InChI is InChI=1S/C12H15Cl2NO2/c1-3-4-7-17-12(16)15(2)11-6-5-9(13)8-10(11)14/h5-6,8H,3-4,7H2,1-2H3. The minimum atomic E-state index is -0.414. The molecule has 17 heavy (non-hydrogen) atoms. The molecule has 0 spiro atoms. The van der Waals surface area contributed by atoms with E-state index >= 15 is 0 Å². The topological polar surface area (TPSA) is 29.5 Å². The van der Waals surface area contributed by atoms with Gasteiger partial charge in [0.15, 0.2) is 0 Å². The van der Waals surface area contributed by atoms with Gasteiger partial charge in [-0.2, -0.15) is 0 Å². The molecule has 0 aliphatic heterocycles. The Morgan fingerprint density at radius 1 is 1.41 bits per heavy atom. The minimum Gasteiger partial charge on any atom is -0.449 e. The molecule has 3 nitrogen and oxygen atoms in total. The van der Waals surface area contributed by atoms with Crippen molar-refractivity contribution in [1.29, 1.82) is 0 Å². The van der Waals surface area contributed by atoms with E-state index in [9.17, 15) is 4.79 Å². The molecule has 0 aromatic heterocycles. The molecule has 0 N–H and O–H groups in total. The van der Waals surface area contributed by atoms with E-state index in [-0.39, 0.29) is 0 Å². The molecule has 1 aromatic carbocycles. The lowest BCUT2D eigenvalue weighted by atomic mass is 10.3. The van der Waals surface area contributed by atoms with Crippen molar-refractivity contribution in [3.63, 3.8) is 0 Å². The van der Waals surface area contributed by atoms with Gasteiger partial charge in [0.2, 0.25) is 0 Å². The third-order valence-electron chi connectivity index (χ3n) is 2.27. The predicted molar refractivity (Wildman–Crippen MR) is 71.1 cm³/mol. The van der Waals surface area contributed by atoms with Gasteiger partial charge in [0.05, 0.1) is 17.3 Å². The Kier molecular flexibility index (Phi) is 5.59. The Morgan fingerprint density at radius 2 is 2.12 bits per heavy atom. The van der Waals surface area contributed by atoms with Gasteiger partial charge in [-0.1, -0.05) is 36.5 Å². The highest BCUT2D eigenvalue weighted by molar-refractivity contribution is 6.36. The lowest BCUT2D eigenvalue weighted by molar-refractivity contribution is 0.153. The summed E-state index contributed by atoms with van der Waals surface area (Å²) in [6.07, 6.45) is 1.43. The van der Waals surface area contributed by atoms with Gasteiger partial charge < -0.3 is 4.74 Å². The zero-order valence-corrected chi connectivity index (χ0v) is 11.4. The SMILES string of the molecule is CCCCOC(=O)N(C)c1ccc(Cl)cc1Cl. The molecule has 0 atom stereocenters. The number of amides is 1. The molecule has 0 saturated heterocycles. The number of ether oxygens (including phenoxy) is 1. The van der Waals surface area contributed by atoms with Crippen LogP contribution in [0.1, 0.15) is 19.8 Å². The van der Waals surface area contributed by atoms with Crippen molar-refractivity contribution in [3.05, 3.63) is 28.2 Å². The largest absolute Gasteiger partial charge is 0.449 e. The van der Waals surface area contributed by atoms with Crippen molar-refractivity contribution in [3.8, 4) is 0 Å². The Labute approximate surface area is 111 Å². The number of carbonyl (C=O) groups is 1. The maximum atomic E-state index is 11.7. The van der Waals surface area contributed by atoms with Gasteiger partial charge in [-0.3, -0.25) is 4.90 Å². The fourth-order valence-electron chi connectivity index (χ4n) is 1.25. The van der Waals surface area contributed by atoms with Crippen molar-refractivity contribution >= 4 is 35.0 Å². The number of benzene rings is 1. The first-order valence-corrected chi connectivity index (χ1v) is 6.17. The highest BCUT2D eigenvalue weighted by Gasteiger charge is 2.14. The number of rotatable bonds is 4. The summed E-state index contributed by atoms with van der Waals surface area (Å²) in [5.41, 5.74) is 0.581. The molecule has 1 aromatic rings. The molecule has 1 amide bonds. The van der Waals surface area contributed by atoms with Crippen LogP contribution >= 0.6 is 23.2 Å². The second-order valence-corrected chi connectivity index (χ2v) is 4.47. The Bertz CT molecular complexity index is 396. The summed E-state index contributed by atoms with van der Waals surface area (Å²) < 4.78 is 5.08. The molecular weight excluding hydrogens is 261 g/mol. The number of hydrogen-bond acceptors (Lipinski definition) is 2. The Balaban J connectivity index is 2.68. The quantitative estimate of drug-likeness (QED) is 0.764. The van der Waals surface area contributed by atoms with Gasteiger partial charge in [0.25, 0.3) is 0 Å². The van der Waals surface area contributed by atoms with E-state index < -0.39 is 6.09 Å². The van der Waals surface area contributed by atoms with Crippen LogP contribution in [0.25, 0.3) is 0 Å². The van der Waals surface area contributed by atoms with Crippen LogP contribution in [0.5, 0.6) is 0 Å². The second-order valence-electron chi connectivity index (χ2n) is 3.62. The number of anilines is 1. The van der Waals surface area contributed by atoms with Crippen LogP contribution in [0.4, 0.5) is 10.5 Å². The molecule has 1 rings (SSSR count). The molecule has 0 fully saturated rings. The summed E-state index contributed by atoms with van der Waals surface area (Å²) in [7, 11) is 1.61. The average Bonchev–Trinajstić information content (AvgIpc) is 2.28. The summed E-state index contributed by atoms with van der Waals surface area (Å²) in [5.74, 6) is 0. The van der Waals surface area contributed by atoms with Crippen molar-refractivity contribution in [1.82, 2.24) is 0 Å². The lowest BCUT2D eigenvalue weighted by Crippen LogP contribution is -2.27. The maximum Gasteiger partial charge on any atom is 0.414 e. The first-order valence-electron chi connectivity index (χ1n) is 5.41. The van der Waals surface area contributed by atoms with Crippen molar-refractivity contribution in [2.45, 2.75) is 19.8 Å². The Morgan fingerprint density at radius 3 is 2.71 bits per heavy atom. The second kappa shape index (κ2) is 6.72. The summed E-state index contributed by atoms with van der Waals surface area (Å²) in [6, 6.07) is 4.96. The van der Waals surface area contributed by atoms with Crippen LogP contribution in [0.3, 0.4) is 0 Å². The third kappa shape index (κ3) is 4.10. The number of hydrogen-bond donors (Lipinski definition) is 0. The fraction of sp³-hybridized carbons (Fsp3) is 0.417. The third-order valence-corrected chi connectivity index (χ3v) is 2.81. The molecule has 94 valence electrons. The molecule has 0 bridgehead atoms. The number of unbranched alkanes of at least 4 members (excludes halogenated alkanes) is 1. The van der Waals surface area contributed by atoms with Gasteiger partial charge >= 0.3 is 6.09 Å². The molecule has 0 heterocycles. The Hall–Kier alpha value is -0.930. The lowest BCUT2D eigenvalue weighted by Gasteiger charge is -2.18. The van der Waals surface area contributed by atoms with Crippen LogP contribution in [-0.2, 0) is 4.74 Å². The van der Waals surface area contributed by atoms with Crippen LogP contribution in [-0.4, -0.2) is 19.7 Å². The molecular formula is C12H15Cl2NO2. The summed E-state index contributed by atoms with van der Waals surface area (Å²) in [5, 5.41) is 0.957. The van der Waals surface area contributed by atoms with E-state index in [4.69, 9.17) is 27.9 Å². The van der Waals surface area contributed by atoms with E-state index in [0.29, 0.717) is 22.3 Å². The minimum absolute atomic E-state index is 0.414. The summed E-state index contributed by atoms with van der Waals surface area (Å²) >= 11 is 11.8. The number of nitrogens with zero attached hydrogens (tertiary/aromatic N) is 1. The first-order chi connectivity index (χ1) is 8.06. The average molecular weight is 276 g/mol. The van der Waals surface area contributed by atoms with Gasteiger partial charge in [-0.05, 0) is 24.6 Å².